The minimum atomic E-state index is 0.0678. The molecule has 1 aromatic carbocycles. The van der Waals surface area contributed by atoms with Gasteiger partial charge < -0.3 is 14.9 Å². The van der Waals surface area contributed by atoms with Gasteiger partial charge in [0.25, 0.3) is 0 Å². The number of fused-ring (bicyclic) bond motifs is 3. The fourth-order valence-electron chi connectivity index (χ4n) is 4.79. The smallest absolute Gasteiger partial charge is 0.223 e. The molecule has 27 heavy (non-hydrogen) atoms. The zero-order chi connectivity index (χ0) is 19.0. The number of likely N-dealkylation sites (tertiary alicyclic amines) is 1. The van der Waals surface area contributed by atoms with E-state index in [4.69, 9.17) is 0 Å². The number of aliphatic hydroxyl groups excluding tert-OH is 1. The highest BCUT2D eigenvalue weighted by atomic mass is 16.3. The third-order valence-corrected chi connectivity index (χ3v) is 6.44. The van der Waals surface area contributed by atoms with Gasteiger partial charge in [0.15, 0.2) is 0 Å². The Morgan fingerprint density at radius 3 is 2.81 bits per heavy atom. The highest BCUT2D eigenvalue weighted by molar-refractivity contribution is 5.78. The fourth-order valence-corrected chi connectivity index (χ4v) is 4.79. The molecule has 2 fully saturated rings. The molecule has 4 rings (SSSR count). The Bertz CT molecular complexity index is 774. The predicted molar refractivity (Wildman–Crippen MR) is 107 cm³/mol. The number of carbonyl (C=O) groups is 1. The molecule has 2 heterocycles. The van der Waals surface area contributed by atoms with Gasteiger partial charge in [-0.2, -0.15) is 0 Å². The van der Waals surface area contributed by atoms with Gasteiger partial charge in [-0.25, -0.2) is 0 Å². The first-order valence-corrected chi connectivity index (χ1v) is 10.4. The van der Waals surface area contributed by atoms with Crippen LogP contribution < -0.4 is 4.90 Å². The van der Waals surface area contributed by atoms with E-state index in [9.17, 15) is 9.90 Å². The van der Waals surface area contributed by atoms with Crippen LogP contribution in [-0.2, 0) is 4.79 Å². The van der Waals surface area contributed by atoms with Crippen molar-refractivity contribution < 1.29 is 9.90 Å². The highest BCUT2D eigenvalue weighted by Gasteiger charge is 2.47. The van der Waals surface area contributed by atoms with Crippen LogP contribution in [0.5, 0.6) is 0 Å². The molecule has 1 aromatic rings. The number of amides is 1. The molecule has 0 radical (unpaired) electrons. The van der Waals surface area contributed by atoms with Crippen molar-refractivity contribution in [1.29, 1.82) is 0 Å². The van der Waals surface area contributed by atoms with Crippen molar-refractivity contribution in [2.24, 2.45) is 11.8 Å². The van der Waals surface area contributed by atoms with Crippen LogP contribution in [0.25, 0.3) is 0 Å². The number of anilines is 1. The SMILES string of the molecule is CCCC#Cc1ccc2c(c1)[C@@H]1[C@@H](CCN1C(=O)CC1CC1)[C@@H](CO)N2C. The van der Waals surface area contributed by atoms with Crippen LogP contribution >= 0.6 is 0 Å². The number of nitrogens with zero attached hydrogens (tertiary/aromatic N) is 2. The summed E-state index contributed by atoms with van der Waals surface area (Å²) in [5, 5.41) is 10.0. The number of likely N-dealkylation sites (N-methyl/N-ethyl adjacent to an activating group) is 1. The van der Waals surface area contributed by atoms with Crippen molar-refractivity contribution in [3.63, 3.8) is 0 Å². The number of unbranched alkanes of at least 4 members (excludes halogenated alkanes) is 1. The lowest BCUT2D eigenvalue weighted by atomic mass is 9.81. The first-order valence-electron chi connectivity index (χ1n) is 10.4. The van der Waals surface area contributed by atoms with Crippen LogP contribution in [0.15, 0.2) is 18.2 Å². The van der Waals surface area contributed by atoms with Gasteiger partial charge in [0.1, 0.15) is 0 Å². The predicted octanol–water partition coefficient (Wildman–Crippen LogP) is 3.34. The summed E-state index contributed by atoms with van der Waals surface area (Å²) < 4.78 is 0. The third-order valence-electron chi connectivity index (χ3n) is 6.44. The summed E-state index contributed by atoms with van der Waals surface area (Å²) in [4.78, 5) is 17.3. The van der Waals surface area contributed by atoms with Crippen LogP contribution in [0.1, 0.15) is 62.6 Å². The van der Waals surface area contributed by atoms with E-state index in [1.807, 2.05) is 0 Å². The van der Waals surface area contributed by atoms with Gasteiger partial charge in [-0.05, 0) is 55.4 Å². The second-order valence-electron chi connectivity index (χ2n) is 8.32. The Hall–Kier alpha value is -1.99. The van der Waals surface area contributed by atoms with E-state index in [2.05, 4.69) is 53.8 Å². The molecule has 1 N–H and O–H groups in total. The van der Waals surface area contributed by atoms with Crippen molar-refractivity contribution >= 4 is 11.6 Å². The number of rotatable bonds is 4. The zero-order valence-corrected chi connectivity index (χ0v) is 16.4. The first-order chi connectivity index (χ1) is 13.1. The summed E-state index contributed by atoms with van der Waals surface area (Å²) in [6.07, 6.45) is 6.01. The molecule has 1 aliphatic carbocycles. The summed E-state index contributed by atoms with van der Waals surface area (Å²) in [6, 6.07) is 6.51. The van der Waals surface area contributed by atoms with Crippen molar-refractivity contribution in [3.05, 3.63) is 29.3 Å². The van der Waals surface area contributed by atoms with Gasteiger partial charge in [0.05, 0.1) is 18.7 Å². The lowest BCUT2D eigenvalue weighted by Crippen LogP contribution is -2.48. The molecule has 3 atom stereocenters. The van der Waals surface area contributed by atoms with E-state index in [0.717, 1.165) is 37.1 Å². The highest BCUT2D eigenvalue weighted by Crippen LogP contribution is 2.49. The van der Waals surface area contributed by atoms with Gasteiger partial charge in [-0.15, -0.1) is 0 Å². The number of hydrogen-bond acceptors (Lipinski definition) is 3. The molecule has 4 heteroatoms. The molecule has 0 bridgehead atoms. The van der Waals surface area contributed by atoms with Crippen LogP contribution in [0.3, 0.4) is 0 Å². The average molecular weight is 367 g/mol. The lowest BCUT2D eigenvalue weighted by molar-refractivity contribution is -0.133. The Morgan fingerprint density at radius 1 is 1.30 bits per heavy atom. The molecule has 1 saturated carbocycles. The molecular weight excluding hydrogens is 336 g/mol. The van der Waals surface area contributed by atoms with Crippen LogP contribution in [0.4, 0.5) is 5.69 Å². The molecule has 0 unspecified atom stereocenters. The largest absolute Gasteiger partial charge is 0.394 e. The van der Waals surface area contributed by atoms with E-state index in [-0.39, 0.29) is 24.6 Å². The second kappa shape index (κ2) is 7.56. The maximum absolute atomic E-state index is 13.0. The van der Waals surface area contributed by atoms with E-state index in [0.29, 0.717) is 18.2 Å². The van der Waals surface area contributed by atoms with Gasteiger partial charge in [-0.1, -0.05) is 18.8 Å². The zero-order valence-electron chi connectivity index (χ0n) is 16.4. The number of benzene rings is 1. The third kappa shape index (κ3) is 3.46. The molecular formula is C23H30N2O2. The molecule has 4 nitrogen and oxygen atoms in total. The summed E-state index contributed by atoms with van der Waals surface area (Å²) in [5.74, 6) is 7.69. The molecule has 0 aromatic heterocycles. The molecule has 2 aliphatic heterocycles. The quantitative estimate of drug-likeness (QED) is 0.831. The minimum absolute atomic E-state index is 0.0678. The number of carbonyl (C=O) groups excluding carboxylic acids is 1. The number of hydrogen-bond donors (Lipinski definition) is 1. The van der Waals surface area contributed by atoms with Crippen LogP contribution in [0, 0.1) is 23.7 Å². The van der Waals surface area contributed by atoms with Gasteiger partial charge in [0.2, 0.25) is 5.91 Å². The summed E-state index contributed by atoms with van der Waals surface area (Å²) in [6.45, 7) is 3.06. The van der Waals surface area contributed by atoms with Crippen molar-refractivity contribution in [2.75, 3.05) is 25.1 Å². The maximum atomic E-state index is 13.0. The Kier molecular flexibility index (Phi) is 5.14. The van der Waals surface area contributed by atoms with Crippen LogP contribution in [0.2, 0.25) is 0 Å². The van der Waals surface area contributed by atoms with Gasteiger partial charge in [-0.3, -0.25) is 4.79 Å². The molecule has 1 amide bonds. The van der Waals surface area contributed by atoms with Gasteiger partial charge >= 0.3 is 0 Å². The molecule has 0 spiro atoms. The summed E-state index contributed by atoms with van der Waals surface area (Å²) >= 11 is 0. The van der Waals surface area contributed by atoms with E-state index in [1.54, 1.807) is 0 Å². The van der Waals surface area contributed by atoms with E-state index < -0.39 is 0 Å². The van der Waals surface area contributed by atoms with Gasteiger partial charge in [0, 0.05) is 43.6 Å². The average Bonchev–Trinajstić information content (AvgIpc) is 3.37. The molecule has 144 valence electrons. The minimum Gasteiger partial charge on any atom is -0.394 e. The van der Waals surface area contributed by atoms with E-state index in [1.165, 1.54) is 18.4 Å². The first kappa shape index (κ1) is 18.4. The summed E-state index contributed by atoms with van der Waals surface area (Å²) in [7, 11) is 2.06. The molecule has 3 aliphatic rings. The van der Waals surface area contributed by atoms with E-state index >= 15 is 0 Å². The van der Waals surface area contributed by atoms with Crippen LogP contribution in [-0.4, -0.2) is 42.2 Å². The fraction of sp³-hybridized carbons (Fsp3) is 0.609. The number of aliphatic hydroxyl groups is 1. The normalized spacial score (nSPS) is 26.3. The Morgan fingerprint density at radius 2 is 2.11 bits per heavy atom. The monoisotopic (exact) mass is 366 g/mol. The Labute approximate surface area is 162 Å². The lowest BCUT2D eigenvalue weighted by Gasteiger charge is -2.44. The van der Waals surface area contributed by atoms with Crippen molar-refractivity contribution in [1.82, 2.24) is 4.90 Å². The standard InChI is InChI=1S/C23H30N2O2/c1-3-4-5-6-16-9-10-20-19(13-16)23-18(21(15-26)24(20)2)11-12-25(23)22(27)14-17-7-8-17/h9-10,13,17-18,21,23,26H,3-4,7-8,11-12,14-15H2,1-2H3/t18-,21+,23-/m0/s1. The van der Waals surface area contributed by atoms with Crippen molar-refractivity contribution in [3.8, 4) is 11.8 Å². The summed E-state index contributed by atoms with van der Waals surface area (Å²) in [5.41, 5.74) is 3.36. The molecule has 1 saturated heterocycles. The maximum Gasteiger partial charge on any atom is 0.223 e. The second-order valence-corrected chi connectivity index (χ2v) is 8.32. The Balaban J connectivity index is 1.70. The van der Waals surface area contributed by atoms with Crippen molar-refractivity contribution in [2.45, 2.75) is 57.5 Å². The topological polar surface area (TPSA) is 43.8 Å².